The summed E-state index contributed by atoms with van der Waals surface area (Å²) in [6.45, 7) is 3.98. The smallest absolute Gasteiger partial charge is 0.277 e. The highest BCUT2D eigenvalue weighted by Crippen LogP contribution is 2.14. The molecule has 1 aliphatic heterocycles. The van der Waals surface area contributed by atoms with Gasteiger partial charge in [0.15, 0.2) is 0 Å². The van der Waals surface area contributed by atoms with Crippen molar-refractivity contribution >= 4 is 16.8 Å². The van der Waals surface area contributed by atoms with Crippen molar-refractivity contribution in [3.63, 3.8) is 0 Å². The van der Waals surface area contributed by atoms with Crippen LogP contribution in [0.2, 0.25) is 0 Å². The summed E-state index contributed by atoms with van der Waals surface area (Å²) in [5.74, 6) is -0.111. The van der Waals surface area contributed by atoms with Crippen LogP contribution < -0.4 is 10.9 Å². The number of carbonyl (C=O) groups is 1. The predicted molar refractivity (Wildman–Crippen MR) is 120 cm³/mol. The summed E-state index contributed by atoms with van der Waals surface area (Å²) in [5.41, 5.74) is 2.71. The van der Waals surface area contributed by atoms with E-state index in [1.807, 2.05) is 12.1 Å². The van der Waals surface area contributed by atoms with Crippen LogP contribution in [0.4, 0.5) is 0 Å². The average molecular weight is 420 g/mol. The first-order valence-corrected chi connectivity index (χ1v) is 11.1. The molecule has 2 aromatic carbocycles. The second kappa shape index (κ2) is 10.3. The highest BCUT2D eigenvalue weighted by Gasteiger charge is 2.10. The number of rotatable bonds is 7. The largest absolute Gasteiger partial charge is 0.352 e. The number of nitrogens with zero attached hydrogens (tertiary/aromatic N) is 4. The van der Waals surface area contributed by atoms with E-state index < -0.39 is 0 Å². The van der Waals surface area contributed by atoms with E-state index in [9.17, 15) is 9.59 Å². The third-order valence-corrected chi connectivity index (χ3v) is 5.77. The van der Waals surface area contributed by atoms with Gasteiger partial charge in [0.05, 0.1) is 11.9 Å². The van der Waals surface area contributed by atoms with Gasteiger partial charge in [0.1, 0.15) is 5.52 Å². The first-order chi connectivity index (χ1) is 15.2. The fourth-order valence-electron chi connectivity index (χ4n) is 4.06. The molecular weight excluding hydrogens is 390 g/mol. The minimum atomic E-state index is -0.223. The van der Waals surface area contributed by atoms with Crippen LogP contribution in [0, 0.1) is 0 Å². The molecule has 1 saturated heterocycles. The number of hydrogen-bond donors (Lipinski definition) is 1. The molecular formula is C24H29N5O2. The zero-order chi connectivity index (χ0) is 21.5. The van der Waals surface area contributed by atoms with Crippen LogP contribution in [0.3, 0.4) is 0 Å². The Hall–Kier alpha value is -3.06. The summed E-state index contributed by atoms with van der Waals surface area (Å²) in [6, 6.07) is 15.5. The molecule has 0 radical (unpaired) electrons. The molecule has 0 bridgehead atoms. The summed E-state index contributed by atoms with van der Waals surface area (Å²) in [4.78, 5) is 27.3. The maximum atomic E-state index is 12.5. The standard InChI is InChI=1S/C24H29N5O2/c30-23(12-15-29-24(31)21-10-3-4-11-22(21)26-27-29)25-17-19-8-7-9-20(16-19)18-28-13-5-1-2-6-14-28/h3-4,7-11,16H,1-2,5-6,12-15,17-18H2,(H,25,30). The molecule has 1 aromatic heterocycles. The fourth-order valence-corrected chi connectivity index (χ4v) is 4.06. The van der Waals surface area contributed by atoms with Crippen molar-refractivity contribution in [3.8, 4) is 0 Å². The van der Waals surface area contributed by atoms with E-state index in [4.69, 9.17) is 0 Å². The SMILES string of the molecule is O=C(CCn1nnc2ccccc2c1=O)NCc1cccc(CN2CCCCCC2)c1. The summed E-state index contributed by atoms with van der Waals surface area (Å²) < 4.78 is 1.25. The van der Waals surface area contributed by atoms with Crippen LogP contribution in [-0.2, 0) is 24.4 Å². The van der Waals surface area contributed by atoms with E-state index in [0.29, 0.717) is 17.4 Å². The van der Waals surface area contributed by atoms with Gasteiger partial charge in [0.2, 0.25) is 5.91 Å². The number of amides is 1. The van der Waals surface area contributed by atoms with Gasteiger partial charge in [-0.2, -0.15) is 0 Å². The van der Waals surface area contributed by atoms with Gasteiger partial charge in [-0.25, -0.2) is 4.68 Å². The third kappa shape index (κ3) is 5.76. The average Bonchev–Trinajstić information content (AvgIpc) is 3.06. The van der Waals surface area contributed by atoms with E-state index in [1.165, 1.54) is 35.9 Å². The maximum Gasteiger partial charge on any atom is 0.277 e. The quantitative estimate of drug-likeness (QED) is 0.637. The monoisotopic (exact) mass is 419 g/mol. The van der Waals surface area contributed by atoms with Crippen LogP contribution in [0.25, 0.3) is 10.9 Å². The molecule has 31 heavy (non-hydrogen) atoms. The molecule has 1 fully saturated rings. The summed E-state index contributed by atoms with van der Waals surface area (Å²) >= 11 is 0. The van der Waals surface area contributed by atoms with Crippen LogP contribution in [0.5, 0.6) is 0 Å². The summed E-state index contributed by atoms with van der Waals surface area (Å²) in [6.07, 6.45) is 5.40. The zero-order valence-electron chi connectivity index (χ0n) is 17.8. The number of aromatic nitrogens is 3. The first-order valence-electron chi connectivity index (χ1n) is 11.1. The lowest BCUT2D eigenvalue weighted by Gasteiger charge is -2.20. The predicted octanol–water partition coefficient (Wildman–Crippen LogP) is 2.87. The highest BCUT2D eigenvalue weighted by atomic mass is 16.2. The van der Waals surface area contributed by atoms with Crippen LogP contribution >= 0.6 is 0 Å². The lowest BCUT2D eigenvalue weighted by Crippen LogP contribution is -2.29. The van der Waals surface area contributed by atoms with Crippen molar-refractivity contribution in [2.45, 2.75) is 51.7 Å². The number of benzene rings is 2. The van der Waals surface area contributed by atoms with Gasteiger partial charge in [0, 0.05) is 19.5 Å². The van der Waals surface area contributed by atoms with Crippen LogP contribution in [-0.4, -0.2) is 38.9 Å². The molecule has 1 N–H and O–H groups in total. The Balaban J connectivity index is 1.29. The molecule has 0 unspecified atom stereocenters. The lowest BCUT2D eigenvalue weighted by atomic mass is 10.1. The Morgan fingerprint density at radius 1 is 0.968 bits per heavy atom. The number of fused-ring (bicyclic) bond motifs is 1. The topological polar surface area (TPSA) is 80.1 Å². The van der Waals surface area contributed by atoms with Crippen molar-refractivity contribution in [3.05, 3.63) is 70.0 Å². The molecule has 162 valence electrons. The highest BCUT2D eigenvalue weighted by molar-refractivity contribution is 5.77. The molecule has 1 aliphatic rings. The fraction of sp³-hybridized carbons (Fsp3) is 0.417. The molecule has 0 saturated carbocycles. The number of carbonyl (C=O) groups excluding carboxylic acids is 1. The number of hydrogen-bond acceptors (Lipinski definition) is 5. The molecule has 2 heterocycles. The van der Waals surface area contributed by atoms with Crippen LogP contribution in [0.15, 0.2) is 53.3 Å². The van der Waals surface area contributed by atoms with Gasteiger partial charge in [-0.15, -0.1) is 5.10 Å². The van der Waals surface area contributed by atoms with Gasteiger partial charge in [0.25, 0.3) is 5.56 Å². The van der Waals surface area contributed by atoms with Gasteiger partial charge >= 0.3 is 0 Å². The first kappa shape index (κ1) is 21.2. The molecule has 0 spiro atoms. The molecule has 7 nitrogen and oxygen atoms in total. The molecule has 7 heteroatoms. The van der Waals surface area contributed by atoms with E-state index >= 15 is 0 Å². The van der Waals surface area contributed by atoms with Crippen molar-refractivity contribution in [1.29, 1.82) is 0 Å². The Morgan fingerprint density at radius 3 is 2.58 bits per heavy atom. The third-order valence-electron chi connectivity index (χ3n) is 5.77. The zero-order valence-corrected chi connectivity index (χ0v) is 17.8. The Bertz CT molecular complexity index is 1090. The van der Waals surface area contributed by atoms with Gasteiger partial charge in [-0.3, -0.25) is 14.5 Å². The Labute approximate surface area is 182 Å². The summed E-state index contributed by atoms with van der Waals surface area (Å²) in [7, 11) is 0. The molecule has 4 rings (SSSR count). The van der Waals surface area contributed by atoms with E-state index in [0.717, 1.165) is 25.2 Å². The van der Waals surface area contributed by atoms with E-state index in [2.05, 4.69) is 38.7 Å². The van der Waals surface area contributed by atoms with Crippen LogP contribution in [0.1, 0.15) is 43.2 Å². The molecule has 0 atom stereocenters. The van der Waals surface area contributed by atoms with E-state index in [-0.39, 0.29) is 24.4 Å². The number of aryl methyl sites for hydroxylation is 1. The van der Waals surface area contributed by atoms with Crippen molar-refractivity contribution in [1.82, 2.24) is 25.2 Å². The lowest BCUT2D eigenvalue weighted by molar-refractivity contribution is -0.121. The van der Waals surface area contributed by atoms with Gasteiger partial charge < -0.3 is 5.32 Å². The van der Waals surface area contributed by atoms with Gasteiger partial charge in [-0.1, -0.05) is 54.5 Å². The Morgan fingerprint density at radius 2 is 1.74 bits per heavy atom. The summed E-state index contributed by atoms with van der Waals surface area (Å²) in [5, 5.41) is 11.5. The van der Waals surface area contributed by atoms with Crippen molar-refractivity contribution < 1.29 is 4.79 Å². The molecule has 0 aliphatic carbocycles. The van der Waals surface area contributed by atoms with Crippen molar-refractivity contribution in [2.24, 2.45) is 0 Å². The van der Waals surface area contributed by atoms with Gasteiger partial charge in [-0.05, 0) is 49.2 Å². The second-order valence-electron chi connectivity index (χ2n) is 8.17. The van der Waals surface area contributed by atoms with Crippen molar-refractivity contribution in [2.75, 3.05) is 13.1 Å². The van der Waals surface area contributed by atoms with E-state index in [1.54, 1.807) is 18.2 Å². The molecule has 1 amide bonds. The Kier molecular flexibility index (Phi) is 7.04. The number of likely N-dealkylation sites (tertiary alicyclic amines) is 1. The maximum absolute atomic E-state index is 12.5. The molecule has 3 aromatic rings. The second-order valence-corrected chi connectivity index (χ2v) is 8.17. The normalized spacial score (nSPS) is 15.0. The number of nitrogens with one attached hydrogen (secondary N) is 1. The minimum Gasteiger partial charge on any atom is -0.352 e. The minimum absolute atomic E-state index is 0.111.